The van der Waals surface area contributed by atoms with Crippen molar-refractivity contribution in [3.05, 3.63) is 87.7 Å². The van der Waals surface area contributed by atoms with Crippen LogP contribution in [-0.2, 0) is 27.3 Å². The van der Waals surface area contributed by atoms with Gasteiger partial charge in [0.25, 0.3) is 5.91 Å². The van der Waals surface area contributed by atoms with Crippen LogP contribution in [-0.4, -0.2) is 71.0 Å². The van der Waals surface area contributed by atoms with Gasteiger partial charge in [0.15, 0.2) is 0 Å². The minimum atomic E-state index is -0.646. The van der Waals surface area contributed by atoms with Gasteiger partial charge in [-0.3, -0.25) is 19.3 Å². The van der Waals surface area contributed by atoms with Crippen LogP contribution in [0.25, 0.3) is 10.9 Å². The molecule has 0 bridgehead atoms. The van der Waals surface area contributed by atoms with Crippen LogP contribution in [0.3, 0.4) is 0 Å². The van der Waals surface area contributed by atoms with Crippen molar-refractivity contribution >= 4 is 56.1 Å². The Morgan fingerprint density at radius 3 is 2.51 bits per heavy atom. The molecule has 2 atom stereocenters. The molecule has 5 N–H and O–H groups in total. The van der Waals surface area contributed by atoms with E-state index in [4.69, 9.17) is 10.5 Å². The number of esters is 1. The first-order valence-electron chi connectivity index (χ1n) is 19.7. The summed E-state index contributed by atoms with van der Waals surface area (Å²) in [6.07, 6.45) is 10.0. The molecular weight excluding hydrogens is 758 g/mol. The largest absolute Gasteiger partial charge is 0.460 e. The van der Waals surface area contributed by atoms with E-state index in [-0.39, 0.29) is 24.7 Å². The van der Waals surface area contributed by atoms with Gasteiger partial charge in [-0.25, -0.2) is 4.98 Å². The molecule has 2 unspecified atom stereocenters. The average Bonchev–Trinajstić information content (AvgIpc) is 3.77. The van der Waals surface area contributed by atoms with E-state index in [2.05, 4.69) is 77.6 Å². The van der Waals surface area contributed by atoms with Crippen molar-refractivity contribution in [1.82, 2.24) is 20.2 Å². The molecule has 4 aromatic rings. The van der Waals surface area contributed by atoms with Crippen LogP contribution >= 0.6 is 15.9 Å². The van der Waals surface area contributed by atoms with Gasteiger partial charge in [0.05, 0.1) is 11.6 Å². The molecule has 12 heteroatoms. The summed E-state index contributed by atoms with van der Waals surface area (Å²) in [6.45, 7) is 8.94. The lowest BCUT2D eigenvalue weighted by atomic mass is 9.90. The van der Waals surface area contributed by atoms with Crippen molar-refractivity contribution in [1.29, 1.82) is 0 Å². The van der Waals surface area contributed by atoms with E-state index in [1.54, 1.807) is 0 Å². The zero-order valence-electron chi connectivity index (χ0n) is 32.6. The third kappa shape index (κ3) is 11.0. The number of amides is 2. The number of piperidine rings is 1. The number of benzene rings is 2. The summed E-state index contributed by atoms with van der Waals surface area (Å²) >= 11 is 3.73. The zero-order valence-corrected chi connectivity index (χ0v) is 34.2. The summed E-state index contributed by atoms with van der Waals surface area (Å²) in [7, 11) is 2.16. The van der Waals surface area contributed by atoms with E-state index in [0.717, 1.165) is 84.8 Å². The number of halogens is 1. The van der Waals surface area contributed by atoms with E-state index < -0.39 is 17.6 Å². The Labute approximate surface area is 333 Å². The number of ether oxygens (including phenoxy) is 1. The van der Waals surface area contributed by atoms with Gasteiger partial charge in [0, 0.05) is 76.7 Å². The Bertz CT molecular complexity index is 1950. The van der Waals surface area contributed by atoms with Gasteiger partial charge < -0.3 is 31.0 Å². The third-order valence-corrected chi connectivity index (χ3v) is 11.7. The molecular formula is C43H56BrN7O4. The van der Waals surface area contributed by atoms with E-state index in [9.17, 15) is 14.4 Å². The Morgan fingerprint density at radius 2 is 1.82 bits per heavy atom. The van der Waals surface area contributed by atoms with Gasteiger partial charge in [-0.15, -0.1) is 0 Å². The van der Waals surface area contributed by atoms with E-state index in [1.165, 1.54) is 17.7 Å². The Kier molecular flexibility index (Phi) is 13.3. The molecule has 2 amide bonds. The molecule has 0 saturated carbocycles. The number of aryl methyl sites for hydroxylation is 1. The number of H-pyrrole nitrogens is 1. The van der Waals surface area contributed by atoms with Crippen LogP contribution in [0.1, 0.15) is 105 Å². The number of pyridine rings is 1. The second-order valence-electron chi connectivity index (χ2n) is 16.2. The van der Waals surface area contributed by atoms with Gasteiger partial charge in [0.1, 0.15) is 11.4 Å². The number of nitrogens with two attached hydrogens (primary N) is 1. The number of nitrogens with one attached hydrogen (secondary N) is 3. The number of carbonyl (C=O) groups excluding carboxylic acids is 3. The molecule has 55 heavy (non-hydrogen) atoms. The molecule has 2 aromatic carbocycles. The van der Waals surface area contributed by atoms with Gasteiger partial charge >= 0.3 is 5.97 Å². The van der Waals surface area contributed by atoms with Crippen molar-refractivity contribution in [2.75, 3.05) is 36.9 Å². The van der Waals surface area contributed by atoms with Crippen molar-refractivity contribution in [3.63, 3.8) is 0 Å². The molecule has 6 rings (SSSR count). The van der Waals surface area contributed by atoms with Crippen molar-refractivity contribution in [3.8, 4) is 0 Å². The maximum absolute atomic E-state index is 13.1. The zero-order chi connectivity index (χ0) is 39.1. The number of carbonyl (C=O) groups is 3. The lowest BCUT2D eigenvalue weighted by molar-refractivity contribution is -0.155. The molecule has 0 radical (unpaired) electrons. The molecule has 294 valence electrons. The molecule has 2 fully saturated rings. The van der Waals surface area contributed by atoms with E-state index in [0.29, 0.717) is 29.9 Å². The van der Waals surface area contributed by atoms with Gasteiger partial charge in [0.2, 0.25) is 5.91 Å². The lowest BCUT2D eigenvalue weighted by Gasteiger charge is -2.35. The van der Waals surface area contributed by atoms with Crippen molar-refractivity contribution in [2.24, 2.45) is 11.7 Å². The summed E-state index contributed by atoms with van der Waals surface area (Å²) in [5, 5.41) is 7.32. The number of hydrogen-bond acceptors (Lipinski definition) is 8. The fraction of sp³-hybridized carbons (Fsp3) is 0.488. The monoisotopic (exact) mass is 813 g/mol. The number of hydrogen-bond donors (Lipinski definition) is 4. The smallest absolute Gasteiger partial charge is 0.306 e. The average molecular weight is 815 g/mol. The maximum Gasteiger partial charge on any atom is 0.306 e. The number of rotatable bonds is 15. The summed E-state index contributed by atoms with van der Waals surface area (Å²) in [4.78, 5) is 50.4. The molecule has 11 nitrogen and oxygen atoms in total. The highest BCUT2D eigenvalue weighted by Gasteiger charge is 2.26. The number of nitrogens with zero attached hydrogens (tertiary/aromatic N) is 3. The lowest BCUT2D eigenvalue weighted by Crippen LogP contribution is -2.42. The second-order valence-corrected chi connectivity index (χ2v) is 17.0. The fourth-order valence-corrected chi connectivity index (χ4v) is 8.41. The summed E-state index contributed by atoms with van der Waals surface area (Å²) in [6, 6.07) is 18.0. The Morgan fingerprint density at radius 1 is 1.05 bits per heavy atom. The highest BCUT2D eigenvalue weighted by molar-refractivity contribution is 9.10. The second kappa shape index (κ2) is 18.1. The molecule has 2 aromatic heterocycles. The number of aromatic amines is 1. The number of aromatic nitrogens is 2. The van der Waals surface area contributed by atoms with Gasteiger partial charge in [-0.1, -0.05) is 34.1 Å². The van der Waals surface area contributed by atoms with Crippen LogP contribution in [0.5, 0.6) is 0 Å². The van der Waals surface area contributed by atoms with Crippen molar-refractivity contribution < 1.29 is 19.1 Å². The molecule has 2 aliphatic heterocycles. The molecule has 2 saturated heterocycles. The maximum atomic E-state index is 13.1. The minimum Gasteiger partial charge on any atom is -0.460 e. The first-order valence-corrected chi connectivity index (χ1v) is 20.5. The SMILES string of the molecule is CN1CCCC1c1cc2cnc(NC(=O)c3ccc(CCCC4CCN(c5cccc(Br)c5CNC(CCC(=O)OC(C)(C)C)C(N)=O)CC4)cc3)cc2[nH]1. The van der Waals surface area contributed by atoms with Crippen LogP contribution in [0.4, 0.5) is 11.5 Å². The molecule has 2 aliphatic rings. The topological polar surface area (TPSA) is 146 Å². The minimum absolute atomic E-state index is 0.112. The Hall–Kier alpha value is -4.26. The summed E-state index contributed by atoms with van der Waals surface area (Å²) in [5.74, 6) is 0.199. The standard InChI is InChI=1S/C43H56BrN7O4/c1-43(2,3)55-40(52)18-17-34(41(45)53)46-27-32-33(44)10-6-11-37(32)51-22-19-29(20-23-51)9-5-8-28-13-15-30(16-14-28)42(54)49-39-25-35-31(26-47-39)24-36(48-35)38-12-7-21-50(38)4/h6,10-11,13-16,24-26,29,34,38,46,48H,5,7-9,12,17-23,27H2,1-4H3,(H2,45,53)(H,47,49,54). The number of likely N-dealkylation sites (tertiary alicyclic amines) is 1. The van der Waals surface area contributed by atoms with Crippen LogP contribution in [0.2, 0.25) is 0 Å². The summed E-state index contributed by atoms with van der Waals surface area (Å²) in [5.41, 5.74) is 11.4. The normalized spacial score (nSPS) is 17.4. The number of anilines is 2. The highest BCUT2D eigenvalue weighted by Crippen LogP contribution is 2.34. The highest BCUT2D eigenvalue weighted by atomic mass is 79.9. The van der Waals surface area contributed by atoms with Crippen molar-refractivity contribution in [2.45, 2.75) is 103 Å². The quantitative estimate of drug-likeness (QED) is 0.0897. The molecule has 4 heterocycles. The first-order chi connectivity index (χ1) is 26.3. The number of primary amides is 1. The van der Waals surface area contributed by atoms with Crippen LogP contribution in [0, 0.1) is 5.92 Å². The summed E-state index contributed by atoms with van der Waals surface area (Å²) < 4.78 is 6.37. The van der Waals surface area contributed by atoms with Crippen LogP contribution < -0.4 is 21.3 Å². The third-order valence-electron chi connectivity index (χ3n) is 10.9. The molecule has 0 spiro atoms. The molecule has 0 aliphatic carbocycles. The van der Waals surface area contributed by atoms with E-state index >= 15 is 0 Å². The van der Waals surface area contributed by atoms with Crippen LogP contribution in [0.15, 0.2) is 65.3 Å². The fourth-order valence-electron chi connectivity index (χ4n) is 7.91. The Balaban J connectivity index is 0.942. The van der Waals surface area contributed by atoms with Gasteiger partial charge in [-0.2, -0.15) is 0 Å². The predicted molar refractivity (Wildman–Crippen MR) is 222 cm³/mol. The first kappa shape index (κ1) is 40.4. The van der Waals surface area contributed by atoms with Gasteiger partial charge in [-0.05, 0) is 128 Å². The number of fused-ring (bicyclic) bond motifs is 1. The predicted octanol–water partition coefficient (Wildman–Crippen LogP) is 7.65. The van der Waals surface area contributed by atoms with E-state index in [1.807, 2.05) is 57.3 Å².